The topological polar surface area (TPSA) is 60.0 Å². The smallest absolute Gasteiger partial charge is 0.373 e. The van der Waals surface area contributed by atoms with Crippen LogP contribution in [0.25, 0.3) is 0 Å². The van der Waals surface area contributed by atoms with Crippen molar-refractivity contribution >= 4 is 14.8 Å². The molecule has 7 heteroatoms. The number of urea groups is 1. The van der Waals surface area contributed by atoms with E-state index in [-0.39, 0.29) is 24.3 Å². The molecule has 0 aliphatic rings. The summed E-state index contributed by atoms with van der Waals surface area (Å²) in [4.78, 5) is 14.2. The van der Waals surface area contributed by atoms with Gasteiger partial charge in [-0.25, -0.2) is 4.79 Å². The van der Waals surface area contributed by atoms with E-state index in [1.807, 2.05) is 48.5 Å². The zero-order valence-corrected chi connectivity index (χ0v) is 15.6. The molecule has 126 valence electrons. The van der Waals surface area contributed by atoms with E-state index in [9.17, 15) is 4.79 Å². The van der Waals surface area contributed by atoms with Crippen molar-refractivity contribution in [3.05, 3.63) is 0 Å². The van der Waals surface area contributed by atoms with Gasteiger partial charge in [-0.2, -0.15) is 0 Å². The summed E-state index contributed by atoms with van der Waals surface area (Å²) in [5.74, 6) is 0. The standard InChI is InChI=1S/C14H32N2O4Si/c1-8-18-21(19-9-2,20-10-3)11-15-14(17)16(12(4)5)13(6)7/h12-13H,8-11H2,1-7H3,(H,15,17). The third-order valence-electron chi connectivity index (χ3n) is 2.90. The van der Waals surface area contributed by atoms with Crippen molar-refractivity contribution in [3.63, 3.8) is 0 Å². The highest BCUT2D eigenvalue weighted by Gasteiger charge is 2.41. The monoisotopic (exact) mass is 320 g/mol. The number of rotatable bonds is 10. The van der Waals surface area contributed by atoms with Crippen LogP contribution < -0.4 is 5.32 Å². The van der Waals surface area contributed by atoms with E-state index < -0.39 is 8.80 Å². The van der Waals surface area contributed by atoms with Crippen LogP contribution >= 0.6 is 0 Å². The molecular formula is C14H32N2O4Si. The highest BCUT2D eigenvalue weighted by molar-refractivity contribution is 6.61. The first-order chi connectivity index (χ1) is 9.83. The lowest BCUT2D eigenvalue weighted by molar-refractivity contribution is 0.0695. The van der Waals surface area contributed by atoms with E-state index in [4.69, 9.17) is 13.3 Å². The summed E-state index contributed by atoms with van der Waals surface area (Å²) in [5.41, 5.74) is 0. The molecule has 0 saturated heterocycles. The van der Waals surface area contributed by atoms with Crippen molar-refractivity contribution in [2.75, 3.05) is 26.0 Å². The molecule has 0 fully saturated rings. The summed E-state index contributed by atoms with van der Waals surface area (Å²) < 4.78 is 17.2. The Kier molecular flexibility index (Phi) is 9.85. The van der Waals surface area contributed by atoms with Crippen LogP contribution in [0.1, 0.15) is 48.5 Å². The maximum Gasteiger partial charge on any atom is 0.521 e. The summed E-state index contributed by atoms with van der Waals surface area (Å²) in [7, 11) is -2.83. The molecule has 0 aromatic rings. The number of nitrogens with one attached hydrogen (secondary N) is 1. The summed E-state index contributed by atoms with van der Waals surface area (Å²) >= 11 is 0. The van der Waals surface area contributed by atoms with Gasteiger partial charge < -0.3 is 23.5 Å². The van der Waals surface area contributed by atoms with E-state index in [1.165, 1.54) is 0 Å². The predicted octanol–water partition coefficient (Wildman–Crippen LogP) is 2.40. The van der Waals surface area contributed by atoms with Crippen molar-refractivity contribution in [3.8, 4) is 0 Å². The zero-order valence-electron chi connectivity index (χ0n) is 14.6. The highest BCUT2D eigenvalue weighted by Crippen LogP contribution is 2.10. The van der Waals surface area contributed by atoms with E-state index in [2.05, 4.69) is 5.32 Å². The maximum atomic E-state index is 12.4. The molecule has 6 nitrogen and oxygen atoms in total. The van der Waals surface area contributed by atoms with Gasteiger partial charge in [-0.15, -0.1) is 0 Å². The Hall–Kier alpha value is -0.633. The fraction of sp³-hybridized carbons (Fsp3) is 0.929. The molecule has 0 bridgehead atoms. The Morgan fingerprint density at radius 1 is 0.952 bits per heavy atom. The molecule has 0 heterocycles. The Morgan fingerprint density at radius 2 is 1.33 bits per heavy atom. The van der Waals surface area contributed by atoms with Crippen LogP contribution in [-0.4, -0.2) is 57.8 Å². The van der Waals surface area contributed by atoms with Crippen LogP contribution in [0.3, 0.4) is 0 Å². The minimum absolute atomic E-state index is 0.115. The number of nitrogens with zero attached hydrogens (tertiary/aromatic N) is 1. The van der Waals surface area contributed by atoms with Crippen LogP contribution in [0, 0.1) is 0 Å². The first-order valence-corrected chi connectivity index (χ1v) is 9.74. The van der Waals surface area contributed by atoms with Gasteiger partial charge >= 0.3 is 14.8 Å². The van der Waals surface area contributed by atoms with Crippen molar-refractivity contribution in [2.45, 2.75) is 60.5 Å². The van der Waals surface area contributed by atoms with Crippen LogP contribution in [0.5, 0.6) is 0 Å². The summed E-state index contributed by atoms with van der Waals surface area (Å²) in [6, 6.07) is 0.149. The Balaban J connectivity index is 4.82. The quantitative estimate of drug-likeness (QED) is 0.628. The molecule has 1 N–H and O–H groups in total. The van der Waals surface area contributed by atoms with Gasteiger partial charge in [-0.1, -0.05) is 0 Å². The van der Waals surface area contributed by atoms with Gasteiger partial charge in [0.05, 0.1) is 6.17 Å². The third-order valence-corrected chi connectivity index (χ3v) is 5.69. The van der Waals surface area contributed by atoms with Gasteiger partial charge in [0, 0.05) is 31.9 Å². The fourth-order valence-electron chi connectivity index (χ4n) is 2.28. The average molecular weight is 321 g/mol. The third kappa shape index (κ3) is 6.77. The molecule has 0 aromatic carbocycles. The summed E-state index contributed by atoms with van der Waals surface area (Å²) in [5, 5.41) is 2.91. The molecule has 2 amide bonds. The molecule has 21 heavy (non-hydrogen) atoms. The lowest BCUT2D eigenvalue weighted by Crippen LogP contribution is -2.58. The van der Waals surface area contributed by atoms with E-state index >= 15 is 0 Å². The summed E-state index contributed by atoms with van der Waals surface area (Å²) in [6.45, 7) is 15.2. The second-order valence-corrected chi connectivity index (χ2v) is 7.82. The largest absolute Gasteiger partial charge is 0.521 e. The maximum absolute atomic E-state index is 12.4. The van der Waals surface area contributed by atoms with E-state index in [0.717, 1.165) is 0 Å². The van der Waals surface area contributed by atoms with Crippen molar-refractivity contribution in [1.82, 2.24) is 10.2 Å². The molecule has 0 aliphatic carbocycles. The molecular weight excluding hydrogens is 288 g/mol. The van der Waals surface area contributed by atoms with Gasteiger partial charge in [-0.05, 0) is 48.5 Å². The summed E-state index contributed by atoms with van der Waals surface area (Å²) in [6.07, 6.45) is 0.289. The number of hydrogen-bond acceptors (Lipinski definition) is 4. The second kappa shape index (κ2) is 10.2. The molecule has 0 spiro atoms. The second-order valence-electron chi connectivity index (χ2n) is 5.24. The first-order valence-electron chi connectivity index (χ1n) is 7.81. The van der Waals surface area contributed by atoms with E-state index in [1.54, 1.807) is 4.90 Å². The minimum atomic E-state index is -2.83. The molecule has 0 rings (SSSR count). The van der Waals surface area contributed by atoms with Gasteiger partial charge in [0.25, 0.3) is 0 Å². The van der Waals surface area contributed by atoms with Crippen LogP contribution in [0.4, 0.5) is 4.79 Å². The number of hydrogen-bond donors (Lipinski definition) is 1. The Bertz CT molecular complexity index is 276. The van der Waals surface area contributed by atoms with E-state index in [0.29, 0.717) is 19.8 Å². The molecule has 0 radical (unpaired) electrons. The average Bonchev–Trinajstić information content (AvgIpc) is 2.36. The fourth-order valence-corrected chi connectivity index (χ4v) is 4.52. The number of carbonyl (C=O) groups excluding carboxylic acids is 1. The molecule has 0 aliphatic heterocycles. The number of carbonyl (C=O) groups is 1. The highest BCUT2D eigenvalue weighted by atomic mass is 28.4. The van der Waals surface area contributed by atoms with Crippen molar-refractivity contribution < 1.29 is 18.1 Å². The van der Waals surface area contributed by atoms with Gasteiger partial charge in [-0.3, -0.25) is 0 Å². The Labute approximate surface area is 130 Å². The van der Waals surface area contributed by atoms with Crippen LogP contribution in [0.2, 0.25) is 0 Å². The lowest BCUT2D eigenvalue weighted by atomic mass is 10.2. The van der Waals surface area contributed by atoms with Gasteiger partial charge in [0.2, 0.25) is 0 Å². The van der Waals surface area contributed by atoms with Gasteiger partial charge in [0.1, 0.15) is 0 Å². The SMILES string of the molecule is CCO[Si](CNC(=O)N(C(C)C)C(C)C)(OCC)OCC. The predicted molar refractivity (Wildman–Crippen MR) is 86.1 cm³/mol. The van der Waals surface area contributed by atoms with Crippen molar-refractivity contribution in [2.24, 2.45) is 0 Å². The first kappa shape index (κ1) is 20.4. The van der Waals surface area contributed by atoms with Crippen LogP contribution in [0.15, 0.2) is 0 Å². The van der Waals surface area contributed by atoms with Crippen LogP contribution in [-0.2, 0) is 13.3 Å². The molecule has 0 atom stereocenters. The zero-order chi connectivity index (χ0) is 16.5. The normalized spacial score (nSPS) is 12.0. The molecule has 0 aromatic heterocycles. The Morgan fingerprint density at radius 3 is 1.62 bits per heavy atom. The molecule has 0 unspecified atom stereocenters. The molecule has 0 saturated carbocycles. The minimum Gasteiger partial charge on any atom is -0.373 e. The van der Waals surface area contributed by atoms with Crippen molar-refractivity contribution in [1.29, 1.82) is 0 Å². The lowest BCUT2D eigenvalue weighted by Gasteiger charge is -2.33. The number of amides is 2. The van der Waals surface area contributed by atoms with Gasteiger partial charge in [0.15, 0.2) is 0 Å².